The summed E-state index contributed by atoms with van der Waals surface area (Å²) in [6.45, 7) is 22.4. The summed E-state index contributed by atoms with van der Waals surface area (Å²) in [5, 5.41) is 0. The van der Waals surface area contributed by atoms with Crippen LogP contribution in [0.15, 0.2) is 60.7 Å². The van der Waals surface area contributed by atoms with Gasteiger partial charge in [-0.1, -0.05) is 39.1 Å². The molecule has 2 unspecified atom stereocenters. The average molecular weight is 541 g/mol. The molecule has 212 valence electrons. The molecule has 0 N–H and O–H groups in total. The summed E-state index contributed by atoms with van der Waals surface area (Å²) >= 11 is 0. The molecule has 39 heavy (non-hydrogen) atoms. The molecule has 0 heterocycles. The van der Waals surface area contributed by atoms with Crippen LogP contribution in [-0.2, 0) is 24.5 Å². The zero-order chi connectivity index (χ0) is 29.3. The van der Waals surface area contributed by atoms with Gasteiger partial charge in [-0.15, -0.1) is 0 Å². The zero-order valence-electron chi connectivity index (χ0n) is 24.2. The van der Waals surface area contributed by atoms with Crippen molar-refractivity contribution < 1.29 is 38.0 Å². The molecule has 0 spiro atoms. The van der Waals surface area contributed by atoms with E-state index in [1.165, 1.54) is 0 Å². The van der Waals surface area contributed by atoms with Crippen molar-refractivity contribution in [2.75, 3.05) is 13.2 Å². The highest BCUT2D eigenvalue weighted by molar-refractivity contribution is 5.87. The normalized spacial score (nSPS) is 12.5. The number of benzene rings is 2. The maximum Gasteiger partial charge on any atom is 0.336 e. The van der Waals surface area contributed by atoms with Crippen molar-refractivity contribution in [3.05, 3.63) is 71.8 Å². The number of rotatable bonds is 14. The quantitative estimate of drug-likeness (QED) is 0.152. The van der Waals surface area contributed by atoms with Crippen LogP contribution in [0.2, 0.25) is 0 Å². The molecule has 8 heteroatoms. The fraction of sp³-hybridized carbons (Fsp3) is 0.419. The molecule has 0 aromatic heterocycles. The first kappa shape index (κ1) is 31.3. The average Bonchev–Trinajstić information content (AvgIpc) is 2.84. The van der Waals surface area contributed by atoms with E-state index >= 15 is 0 Å². The van der Waals surface area contributed by atoms with Gasteiger partial charge in [0.1, 0.15) is 23.0 Å². The summed E-state index contributed by atoms with van der Waals surface area (Å²) < 4.78 is 34.1. The first-order valence-corrected chi connectivity index (χ1v) is 12.9. The van der Waals surface area contributed by atoms with E-state index in [2.05, 4.69) is 27.0 Å². The van der Waals surface area contributed by atoms with Crippen molar-refractivity contribution >= 4 is 11.9 Å². The van der Waals surface area contributed by atoms with E-state index in [4.69, 9.17) is 28.4 Å². The Kier molecular flexibility index (Phi) is 11.0. The summed E-state index contributed by atoms with van der Waals surface area (Å²) in [7, 11) is 0. The van der Waals surface area contributed by atoms with Crippen molar-refractivity contribution in [3.8, 4) is 23.0 Å². The minimum atomic E-state index is -0.809. The summed E-state index contributed by atoms with van der Waals surface area (Å²) in [6.07, 6.45) is -1.62. The minimum Gasteiger partial charge on any atom is -0.493 e. The predicted molar refractivity (Wildman–Crippen MR) is 149 cm³/mol. The van der Waals surface area contributed by atoms with Crippen LogP contribution >= 0.6 is 0 Å². The van der Waals surface area contributed by atoms with E-state index in [0.29, 0.717) is 47.4 Å². The van der Waals surface area contributed by atoms with E-state index in [-0.39, 0.29) is 0 Å². The molecule has 0 aliphatic carbocycles. The first-order chi connectivity index (χ1) is 18.3. The Morgan fingerprint density at radius 1 is 0.744 bits per heavy atom. The lowest BCUT2D eigenvalue weighted by atomic mass is 9.77. The summed E-state index contributed by atoms with van der Waals surface area (Å²) in [5.41, 5.74) is 1.84. The third-order valence-electron chi connectivity index (χ3n) is 5.70. The van der Waals surface area contributed by atoms with Gasteiger partial charge in [-0.25, -0.2) is 9.59 Å². The third-order valence-corrected chi connectivity index (χ3v) is 5.70. The van der Waals surface area contributed by atoms with Crippen LogP contribution in [0.3, 0.4) is 0 Å². The maximum absolute atomic E-state index is 11.8. The molecule has 8 nitrogen and oxygen atoms in total. The lowest BCUT2D eigenvalue weighted by Crippen LogP contribution is -2.23. The van der Waals surface area contributed by atoms with Gasteiger partial charge in [-0.3, -0.25) is 0 Å². The lowest BCUT2D eigenvalue weighted by molar-refractivity contribution is -0.157. The van der Waals surface area contributed by atoms with Crippen molar-refractivity contribution in [1.82, 2.24) is 0 Å². The maximum atomic E-state index is 11.8. The minimum absolute atomic E-state index is 0.293. The molecular weight excluding hydrogens is 500 g/mol. The predicted octanol–water partition coefficient (Wildman–Crippen LogP) is 6.50. The number of esters is 2. The highest BCUT2D eigenvalue weighted by Gasteiger charge is 2.31. The molecule has 0 saturated carbocycles. The van der Waals surface area contributed by atoms with E-state index in [1.54, 1.807) is 52.0 Å². The van der Waals surface area contributed by atoms with Crippen LogP contribution in [0, 0.1) is 0 Å². The van der Waals surface area contributed by atoms with E-state index < -0.39 is 29.9 Å². The Morgan fingerprint density at radius 3 is 1.41 bits per heavy atom. The SMILES string of the molecule is C=C(C)C(=O)OC(C)Oc1ccc(C(C)(C)c2ccc(OC(C)OC(=O)C(=C)C)cc2OCC)c(OCC)c1. The highest BCUT2D eigenvalue weighted by atomic mass is 16.7. The second kappa shape index (κ2) is 13.7. The summed E-state index contributed by atoms with van der Waals surface area (Å²) in [4.78, 5) is 23.6. The van der Waals surface area contributed by atoms with Crippen LogP contribution < -0.4 is 18.9 Å². The smallest absolute Gasteiger partial charge is 0.336 e. The van der Waals surface area contributed by atoms with Gasteiger partial charge < -0.3 is 28.4 Å². The molecule has 0 aliphatic rings. The van der Waals surface area contributed by atoms with Gasteiger partial charge in [-0.2, -0.15) is 0 Å². The van der Waals surface area contributed by atoms with Gasteiger partial charge in [0, 0.05) is 53.7 Å². The monoisotopic (exact) mass is 540 g/mol. The van der Waals surface area contributed by atoms with Crippen LogP contribution in [0.5, 0.6) is 23.0 Å². The Labute approximate surface area is 231 Å². The van der Waals surface area contributed by atoms with E-state index in [9.17, 15) is 9.59 Å². The Hall–Kier alpha value is -3.94. The highest BCUT2D eigenvalue weighted by Crippen LogP contribution is 2.44. The Bertz CT molecular complexity index is 1110. The molecule has 2 aromatic rings. The van der Waals surface area contributed by atoms with Crippen molar-refractivity contribution in [3.63, 3.8) is 0 Å². The standard InChI is InChI=1S/C31H40O8/c1-11-34-27-17-23(36-21(7)38-29(32)19(3)4)13-15-25(27)31(9,10)26-16-14-24(18-28(26)35-12-2)37-22(8)39-30(33)20(5)6/h13-18,21-22H,3,5,11-12H2,1-2,4,6-10H3. The van der Waals surface area contributed by atoms with Gasteiger partial charge in [-0.05, 0) is 39.8 Å². The molecular formula is C31H40O8. The Morgan fingerprint density at radius 2 is 1.10 bits per heavy atom. The molecule has 0 bridgehead atoms. The summed E-state index contributed by atoms with van der Waals surface area (Å²) in [6, 6.07) is 11.0. The molecule has 0 aliphatic heterocycles. The van der Waals surface area contributed by atoms with Gasteiger partial charge in [0.2, 0.25) is 12.6 Å². The van der Waals surface area contributed by atoms with Crippen molar-refractivity contribution in [1.29, 1.82) is 0 Å². The molecule has 0 saturated heterocycles. The molecule has 2 rings (SSSR count). The van der Waals surface area contributed by atoms with Crippen molar-refractivity contribution in [2.45, 2.75) is 73.4 Å². The second-order valence-corrected chi connectivity index (χ2v) is 9.55. The van der Waals surface area contributed by atoms with Crippen LogP contribution in [0.25, 0.3) is 0 Å². The fourth-order valence-corrected chi connectivity index (χ4v) is 3.81. The fourth-order valence-electron chi connectivity index (χ4n) is 3.81. The second-order valence-electron chi connectivity index (χ2n) is 9.55. The topological polar surface area (TPSA) is 89.5 Å². The number of hydrogen-bond donors (Lipinski definition) is 0. The summed E-state index contributed by atoms with van der Waals surface area (Å²) in [5.74, 6) is 1.19. The van der Waals surface area contributed by atoms with Crippen LogP contribution in [0.4, 0.5) is 0 Å². The lowest BCUT2D eigenvalue weighted by Gasteiger charge is -2.30. The molecule has 2 aromatic carbocycles. The first-order valence-electron chi connectivity index (χ1n) is 12.9. The van der Waals surface area contributed by atoms with Crippen LogP contribution in [-0.4, -0.2) is 37.7 Å². The van der Waals surface area contributed by atoms with E-state index in [0.717, 1.165) is 11.1 Å². The molecule has 0 fully saturated rings. The van der Waals surface area contributed by atoms with Gasteiger partial charge >= 0.3 is 11.9 Å². The molecule has 0 radical (unpaired) electrons. The largest absolute Gasteiger partial charge is 0.493 e. The number of carbonyl (C=O) groups excluding carboxylic acids is 2. The number of hydrogen-bond acceptors (Lipinski definition) is 8. The van der Waals surface area contributed by atoms with E-state index in [1.807, 2.05) is 26.0 Å². The Balaban J connectivity index is 2.38. The third kappa shape index (κ3) is 8.53. The zero-order valence-corrected chi connectivity index (χ0v) is 24.2. The number of ether oxygens (including phenoxy) is 6. The number of carbonyl (C=O) groups is 2. The van der Waals surface area contributed by atoms with Gasteiger partial charge in [0.15, 0.2) is 0 Å². The molecule has 0 amide bonds. The molecule has 2 atom stereocenters. The van der Waals surface area contributed by atoms with Gasteiger partial charge in [0.25, 0.3) is 0 Å². The van der Waals surface area contributed by atoms with Crippen LogP contribution in [0.1, 0.15) is 66.5 Å². The van der Waals surface area contributed by atoms with Gasteiger partial charge in [0.05, 0.1) is 13.2 Å². The van der Waals surface area contributed by atoms with Crippen molar-refractivity contribution in [2.24, 2.45) is 0 Å².